The molecule has 1 aromatic carbocycles. The van der Waals surface area contributed by atoms with Crippen LogP contribution in [0, 0.1) is 0 Å². The van der Waals surface area contributed by atoms with Crippen molar-refractivity contribution in [2.24, 2.45) is 0 Å². The number of nitrogens with zero attached hydrogens (tertiary/aromatic N) is 3. The minimum Gasteiger partial charge on any atom is -0.493 e. The number of hydrogen-bond donors (Lipinski definition) is 3. The van der Waals surface area contributed by atoms with Gasteiger partial charge in [0.05, 0.1) is 24.0 Å². The second-order valence-corrected chi connectivity index (χ2v) is 9.98. The van der Waals surface area contributed by atoms with E-state index >= 15 is 0 Å². The number of hydrogen-bond acceptors (Lipinski definition) is 8. The standard InChI is InChI=1S/C20H25N5O4S/c1-29-16-8-7-15(13-3-5-14(21)6-4-13)25-17(16)23-18(24-25)20(9-10-20)19(26)22-11-12-30(2,27)28/h3-8,19,22,26H,9-12,21H2,1-2H3. The van der Waals surface area contributed by atoms with Crippen LogP contribution in [0.3, 0.4) is 0 Å². The zero-order chi connectivity index (χ0) is 21.5. The molecule has 2 aromatic heterocycles. The van der Waals surface area contributed by atoms with E-state index in [0.29, 0.717) is 35.8 Å². The lowest BCUT2D eigenvalue weighted by Gasteiger charge is -2.20. The van der Waals surface area contributed by atoms with Crippen molar-refractivity contribution in [2.45, 2.75) is 24.5 Å². The molecular weight excluding hydrogens is 406 g/mol. The number of pyridine rings is 1. The highest BCUT2D eigenvalue weighted by Gasteiger charge is 2.54. The third kappa shape index (κ3) is 3.85. The fourth-order valence-corrected chi connectivity index (χ4v) is 4.00. The fraction of sp³-hybridized carbons (Fsp3) is 0.400. The number of anilines is 1. The summed E-state index contributed by atoms with van der Waals surface area (Å²) in [6.07, 6.45) is 1.64. The van der Waals surface area contributed by atoms with Gasteiger partial charge in [-0.25, -0.2) is 17.9 Å². The van der Waals surface area contributed by atoms with Gasteiger partial charge in [-0.2, -0.15) is 0 Å². The van der Waals surface area contributed by atoms with Gasteiger partial charge >= 0.3 is 0 Å². The number of benzene rings is 1. The molecule has 3 aromatic rings. The summed E-state index contributed by atoms with van der Waals surface area (Å²) in [5.41, 5.74) is 8.12. The number of aliphatic hydroxyl groups excluding tert-OH is 1. The molecule has 0 spiro atoms. The van der Waals surface area contributed by atoms with E-state index < -0.39 is 21.5 Å². The molecule has 160 valence electrons. The van der Waals surface area contributed by atoms with Gasteiger partial charge in [-0.15, -0.1) is 5.10 Å². The van der Waals surface area contributed by atoms with Gasteiger partial charge in [0.25, 0.3) is 0 Å². The predicted octanol–water partition coefficient (Wildman–Crippen LogP) is 0.971. The third-order valence-electron chi connectivity index (χ3n) is 5.44. The van der Waals surface area contributed by atoms with Gasteiger partial charge in [0.2, 0.25) is 0 Å². The van der Waals surface area contributed by atoms with E-state index in [0.717, 1.165) is 11.3 Å². The molecule has 4 rings (SSSR count). The highest BCUT2D eigenvalue weighted by molar-refractivity contribution is 7.90. The van der Waals surface area contributed by atoms with Crippen molar-refractivity contribution >= 4 is 21.2 Å². The highest BCUT2D eigenvalue weighted by Crippen LogP contribution is 2.49. The smallest absolute Gasteiger partial charge is 0.198 e. The van der Waals surface area contributed by atoms with Crippen LogP contribution in [0.1, 0.15) is 18.7 Å². The average Bonchev–Trinajstić information content (AvgIpc) is 3.39. The number of fused-ring (bicyclic) bond motifs is 1. The molecule has 2 heterocycles. The molecule has 0 saturated heterocycles. The molecule has 0 amide bonds. The number of aromatic nitrogens is 3. The molecule has 0 radical (unpaired) electrons. The van der Waals surface area contributed by atoms with Gasteiger partial charge in [-0.3, -0.25) is 5.32 Å². The van der Waals surface area contributed by atoms with E-state index in [1.165, 1.54) is 6.26 Å². The van der Waals surface area contributed by atoms with Gasteiger partial charge in [-0.05, 0) is 37.1 Å². The molecule has 1 aliphatic rings. The summed E-state index contributed by atoms with van der Waals surface area (Å²) in [7, 11) is -1.54. The maximum Gasteiger partial charge on any atom is 0.198 e. The Morgan fingerprint density at radius 3 is 2.57 bits per heavy atom. The molecule has 10 heteroatoms. The summed E-state index contributed by atoms with van der Waals surface area (Å²) in [6.45, 7) is 0.162. The summed E-state index contributed by atoms with van der Waals surface area (Å²) in [6, 6.07) is 11.2. The third-order valence-corrected chi connectivity index (χ3v) is 6.39. The van der Waals surface area contributed by atoms with E-state index in [-0.39, 0.29) is 12.3 Å². The van der Waals surface area contributed by atoms with Gasteiger partial charge in [0.1, 0.15) is 16.1 Å². The molecule has 1 aliphatic carbocycles. The van der Waals surface area contributed by atoms with E-state index in [1.54, 1.807) is 11.6 Å². The second-order valence-electron chi connectivity index (χ2n) is 7.72. The summed E-state index contributed by atoms with van der Waals surface area (Å²) in [4.78, 5) is 4.68. The van der Waals surface area contributed by atoms with Gasteiger partial charge in [-0.1, -0.05) is 12.1 Å². The number of rotatable bonds is 8. The summed E-state index contributed by atoms with van der Waals surface area (Å²) in [5.74, 6) is 1.03. The van der Waals surface area contributed by atoms with E-state index in [1.807, 2.05) is 36.4 Å². The maximum absolute atomic E-state index is 11.4. The largest absolute Gasteiger partial charge is 0.493 e. The minimum absolute atomic E-state index is 0.0478. The van der Waals surface area contributed by atoms with Crippen molar-refractivity contribution in [3.8, 4) is 17.0 Å². The molecule has 4 N–H and O–H groups in total. The molecule has 0 aliphatic heterocycles. The molecule has 0 bridgehead atoms. The quantitative estimate of drug-likeness (QED) is 0.355. The zero-order valence-corrected chi connectivity index (χ0v) is 17.7. The summed E-state index contributed by atoms with van der Waals surface area (Å²) >= 11 is 0. The van der Waals surface area contributed by atoms with E-state index in [2.05, 4.69) is 10.3 Å². The van der Waals surface area contributed by atoms with Crippen molar-refractivity contribution in [1.29, 1.82) is 0 Å². The van der Waals surface area contributed by atoms with Crippen molar-refractivity contribution in [2.75, 3.05) is 31.4 Å². The SMILES string of the molecule is COc1ccc(-c2ccc(N)cc2)n2nc(C3(C(O)NCCS(C)(=O)=O)CC3)nc12. The first-order valence-electron chi connectivity index (χ1n) is 9.63. The number of aliphatic hydroxyl groups is 1. The summed E-state index contributed by atoms with van der Waals surface area (Å²) < 4.78 is 29.9. The molecular formula is C20H25N5O4S. The Kier molecular flexibility index (Phi) is 5.16. The zero-order valence-electron chi connectivity index (χ0n) is 16.9. The lowest BCUT2D eigenvalue weighted by atomic mass is 10.0. The Labute approximate surface area is 174 Å². The van der Waals surface area contributed by atoms with Crippen LogP contribution in [0.5, 0.6) is 5.75 Å². The molecule has 1 fully saturated rings. The van der Waals surface area contributed by atoms with Crippen molar-refractivity contribution in [1.82, 2.24) is 19.9 Å². The molecule has 1 unspecified atom stereocenters. The Balaban J connectivity index is 1.70. The van der Waals surface area contributed by atoms with Crippen LogP contribution in [-0.2, 0) is 15.3 Å². The Bertz CT molecular complexity index is 1170. The van der Waals surface area contributed by atoms with Crippen molar-refractivity contribution < 1.29 is 18.3 Å². The lowest BCUT2D eigenvalue weighted by molar-refractivity contribution is 0.0950. The van der Waals surface area contributed by atoms with E-state index in [9.17, 15) is 13.5 Å². The van der Waals surface area contributed by atoms with Crippen LogP contribution in [0.25, 0.3) is 16.9 Å². The predicted molar refractivity (Wildman–Crippen MR) is 114 cm³/mol. The number of nitrogen functional groups attached to an aromatic ring is 1. The number of nitrogens with one attached hydrogen (secondary N) is 1. The minimum atomic E-state index is -3.11. The van der Waals surface area contributed by atoms with Crippen LogP contribution in [0.2, 0.25) is 0 Å². The van der Waals surface area contributed by atoms with E-state index in [4.69, 9.17) is 15.6 Å². The fourth-order valence-electron chi connectivity index (χ4n) is 3.51. The maximum atomic E-state index is 11.4. The first kappa shape index (κ1) is 20.6. The van der Waals surface area contributed by atoms with Crippen LogP contribution >= 0.6 is 0 Å². The number of ether oxygens (including phenoxy) is 1. The first-order valence-corrected chi connectivity index (χ1v) is 11.7. The number of sulfone groups is 1. The van der Waals surface area contributed by atoms with Crippen LogP contribution in [0.4, 0.5) is 5.69 Å². The highest BCUT2D eigenvalue weighted by atomic mass is 32.2. The Hall–Kier alpha value is -2.69. The molecule has 30 heavy (non-hydrogen) atoms. The number of nitrogens with two attached hydrogens (primary N) is 1. The van der Waals surface area contributed by atoms with Crippen LogP contribution < -0.4 is 15.8 Å². The topological polar surface area (TPSA) is 132 Å². The molecule has 1 atom stereocenters. The number of methoxy groups -OCH3 is 1. The van der Waals surface area contributed by atoms with Crippen LogP contribution in [0.15, 0.2) is 36.4 Å². The first-order chi connectivity index (χ1) is 14.2. The molecule has 9 nitrogen and oxygen atoms in total. The van der Waals surface area contributed by atoms with Crippen molar-refractivity contribution in [3.63, 3.8) is 0 Å². The Morgan fingerprint density at radius 1 is 1.27 bits per heavy atom. The lowest BCUT2D eigenvalue weighted by Crippen LogP contribution is -2.42. The molecule has 1 saturated carbocycles. The second kappa shape index (κ2) is 7.53. The van der Waals surface area contributed by atoms with Crippen molar-refractivity contribution in [3.05, 3.63) is 42.2 Å². The Morgan fingerprint density at radius 2 is 1.97 bits per heavy atom. The van der Waals surface area contributed by atoms with Gasteiger partial charge in [0.15, 0.2) is 17.2 Å². The normalized spacial score (nSPS) is 16.5. The van der Waals surface area contributed by atoms with Gasteiger partial charge in [0, 0.05) is 24.1 Å². The van der Waals surface area contributed by atoms with Gasteiger partial charge < -0.3 is 15.6 Å². The average molecular weight is 432 g/mol. The monoisotopic (exact) mass is 431 g/mol. The summed E-state index contributed by atoms with van der Waals surface area (Å²) in [5, 5.41) is 18.3. The van der Waals surface area contributed by atoms with Crippen LogP contribution in [-0.4, -0.2) is 60.0 Å².